The lowest BCUT2D eigenvalue weighted by atomic mass is 9.88. The first-order valence-corrected chi connectivity index (χ1v) is 26.0. The van der Waals surface area contributed by atoms with Crippen LogP contribution in [0.4, 0.5) is 10.6 Å². The predicted molar refractivity (Wildman–Crippen MR) is 205 cm³/mol. The lowest BCUT2D eigenvalue weighted by molar-refractivity contribution is 0.0592. The number of rotatable bonds is 17. The molecule has 12 nitrogen and oxygen atoms in total. The first-order valence-electron chi connectivity index (χ1n) is 18.6. The number of hydrogen-bond donors (Lipinski definition) is 0. The second kappa shape index (κ2) is 17.0. The Morgan fingerprint density at radius 2 is 1.57 bits per heavy atom. The average Bonchev–Trinajstić information content (AvgIpc) is 3.63. The highest BCUT2D eigenvalue weighted by Gasteiger charge is 2.45. The molecule has 14 heteroatoms. The fourth-order valence-electron chi connectivity index (χ4n) is 6.75. The Kier molecular flexibility index (Phi) is 13.0. The van der Waals surface area contributed by atoms with Crippen LogP contribution in [-0.4, -0.2) is 105 Å². The Balaban J connectivity index is 1.50. The van der Waals surface area contributed by atoms with Gasteiger partial charge >= 0.3 is 12.1 Å². The summed E-state index contributed by atoms with van der Waals surface area (Å²) < 4.78 is 25.1. The highest BCUT2D eigenvalue weighted by atomic mass is 28.3. The summed E-state index contributed by atoms with van der Waals surface area (Å²) in [7, 11) is -1.22. The van der Waals surface area contributed by atoms with Crippen molar-refractivity contribution in [1.29, 1.82) is 0 Å². The van der Waals surface area contributed by atoms with E-state index in [-0.39, 0.29) is 29.8 Å². The van der Waals surface area contributed by atoms with Gasteiger partial charge in [-0.15, -0.1) is 0 Å². The third-order valence-corrected chi connectivity index (χ3v) is 13.2. The van der Waals surface area contributed by atoms with E-state index < -0.39 is 22.1 Å². The van der Waals surface area contributed by atoms with Gasteiger partial charge in [0.05, 0.1) is 19.9 Å². The zero-order valence-corrected chi connectivity index (χ0v) is 33.9. The number of carbonyl (C=O) groups is 2. The molecule has 0 aliphatic carbocycles. The van der Waals surface area contributed by atoms with Crippen LogP contribution in [0.1, 0.15) is 67.5 Å². The quantitative estimate of drug-likeness (QED) is 0.0591. The van der Waals surface area contributed by atoms with Crippen LogP contribution in [0, 0.1) is 0 Å². The first kappa shape index (κ1) is 38.9. The molecule has 2 fully saturated rings. The van der Waals surface area contributed by atoms with Crippen LogP contribution >= 0.6 is 0 Å². The number of carbonyl (C=O) groups excluding carboxylic acids is 2. The van der Waals surface area contributed by atoms with Crippen molar-refractivity contribution in [2.75, 3.05) is 45.3 Å². The number of pyridine rings is 1. The molecular weight excluding hydrogens is 681 g/mol. The van der Waals surface area contributed by atoms with Crippen LogP contribution in [0.3, 0.4) is 0 Å². The van der Waals surface area contributed by atoms with Crippen LogP contribution in [0.15, 0.2) is 30.6 Å². The van der Waals surface area contributed by atoms with Crippen molar-refractivity contribution in [3.63, 3.8) is 0 Å². The lowest BCUT2D eigenvalue weighted by Gasteiger charge is -2.38. The maximum atomic E-state index is 13.1. The van der Waals surface area contributed by atoms with Gasteiger partial charge in [0.2, 0.25) is 0 Å². The molecule has 2 atom stereocenters. The maximum Gasteiger partial charge on any atom is 0.410 e. The molecule has 0 N–H and O–H groups in total. The molecule has 2 saturated heterocycles. The van der Waals surface area contributed by atoms with Crippen molar-refractivity contribution in [3.8, 4) is 11.1 Å². The van der Waals surface area contributed by atoms with E-state index in [2.05, 4.69) is 62.2 Å². The Morgan fingerprint density at radius 1 is 0.922 bits per heavy atom. The SMILES string of the molecule is CCCCOC(=O)N1C2CCC1CC(c1cc(N(COCC[Si](C)(C)C)COCC[Si](C)(C)C)n3ncc(-c4ccc(C(=O)OC)nc4)c3n1)C2. The summed E-state index contributed by atoms with van der Waals surface area (Å²) in [4.78, 5) is 39.0. The number of anilines is 1. The summed E-state index contributed by atoms with van der Waals surface area (Å²) in [6.45, 7) is 18.8. The summed E-state index contributed by atoms with van der Waals surface area (Å²) in [5.74, 6) is 0.504. The molecule has 3 aromatic heterocycles. The van der Waals surface area contributed by atoms with Crippen molar-refractivity contribution in [1.82, 2.24) is 24.5 Å². The summed E-state index contributed by atoms with van der Waals surface area (Å²) in [6.07, 6.45) is 8.73. The van der Waals surface area contributed by atoms with Gasteiger partial charge in [0.25, 0.3) is 0 Å². The van der Waals surface area contributed by atoms with E-state index in [0.29, 0.717) is 38.9 Å². The number of aromatic nitrogens is 4. The minimum absolute atomic E-state index is 0.120. The number of ether oxygens (including phenoxy) is 4. The Morgan fingerprint density at radius 3 is 2.12 bits per heavy atom. The fourth-order valence-corrected chi connectivity index (χ4v) is 8.27. The third kappa shape index (κ3) is 10.2. The van der Waals surface area contributed by atoms with Crippen LogP contribution in [-0.2, 0) is 18.9 Å². The van der Waals surface area contributed by atoms with Crippen LogP contribution in [0.2, 0.25) is 51.4 Å². The maximum absolute atomic E-state index is 13.1. The normalized spacial score (nSPS) is 19.1. The van der Waals surface area contributed by atoms with E-state index in [4.69, 9.17) is 29.0 Å². The molecule has 2 aliphatic rings. The summed E-state index contributed by atoms with van der Waals surface area (Å²) in [5.41, 5.74) is 3.49. The monoisotopic (exact) mass is 738 g/mol. The van der Waals surface area contributed by atoms with Gasteiger partial charge in [-0.2, -0.15) is 9.61 Å². The fraction of sp³-hybridized carbons (Fsp3) is 0.649. The molecule has 280 valence electrons. The van der Waals surface area contributed by atoms with Gasteiger partial charge in [-0.1, -0.05) is 58.7 Å². The largest absolute Gasteiger partial charge is 0.464 e. The second-order valence-corrected chi connectivity index (χ2v) is 27.7. The molecular formula is C37H58N6O6Si2. The van der Waals surface area contributed by atoms with Crippen LogP contribution in [0.5, 0.6) is 0 Å². The molecule has 2 bridgehead atoms. The van der Waals surface area contributed by atoms with Crippen molar-refractivity contribution in [2.24, 2.45) is 0 Å². The Hall–Kier alpha value is -3.34. The Bertz CT molecular complexity index is 1590. The summed E-state index contributed by atoms with van der Waals surface area (Å²) in [6, 6.07) is 8.03. The van der Waals surface area contributed by atoms with E-state index in [9.17, 15) is 9.59 Å². The highest BCUT2D eigenvalue weighted by Crippen LogP contribution is 2.44. The summed E-state index contributed by atoms with van der Waals surface area (Å²) in [5, 5.41) is 4.85. The molecule has 5 heterocycles. The van der Waals surface area contributed by atoms with Crippen molar-refractivity contribution in [2.45, 2.75) is 115 Å². The van der Waals surface area contributed by atoms with E-state index in [1.165, 1.54) is 7.11 Å². The molecule has 51 heavy (non-hydrogen) atoms. The molecule has 0 aromatic carbocycles. The van der Waals surface area contributed by atoms with Crippen LogP contribution < -0.4 is 4.90 Å². The third-order valence-electron chi connectivity index (χ3n) is 9.84. The Labute approximate surface area is 305 Å². The number of methoxy groups -OCH3 is 1. The number of piperidine rings is 1. The smallest absolute Gasteiger partial charge is 0.410 e. The van der Waals surface area contributed by atoms with Crippen molar-refractivity contribution < 1.29 is 28.5 Å². The standard InChI is InChI=1S/C37H58N6O6Si2/c1-9-10-15-49-37(45)42-29-12-13-30(42)21-28(20-29)33-22-34(41(25-47-16-18-50(3,4)5)26-48-17-19-51(6,7)8)43-35(40-33)31(24-39-43)27-11-14-32(38-23-27)36(44)46-2/h11,14,22-24,28-30H,9-10,12-13,15-21,25-26H2,1-8H3. The van der Waals surface area contributed by atoms with E-state index in [0.717, 1.165) is 73.3 Å². The second-order valence-electron chi connectivity index (χ2n) is 16.4. The van der Waals surface area contributed by atoms with Crippen molar-refractivity contribution in [3.05, 3.63) is 42.0 Å². The minimum atomic E-state index is -1.28. The topological polar surface area (TPSA) is 121 Å². The van der Waals surface area contributed by atoms with Gasteiger partial charge < -0.3 is 28.7 Å². The zero-order chi connectivity index (χ0) is 36.8. The lowest BCUT2D eigenvalue weighted by Crippen LogP contribution is -2.46. The predicted octanol–water partition coefficient (Wildman–Crippen LogP) is 7.66. The molecule has 3 aromatic rings. The van der Waals surface area contributed by atoms with Gasteiger partial charge in [0.1, 0.15) is 25.0 Å². The number of esters is 1. The van der Waals surface area contributed by atoms with Gasteiger partial charge in [0.15, 0.2) is 5.65 Å². The molecule has 2 aliphatic heterocycles. The molecule has 1 amide bonds. The van der Waals surface area contributed by atoms with Gasteiger partial charge in [-0.3, -0.25) is 0 Å². The van der Waals surface area contributed by atoms with Gasteiger partial charge in [-0.05, 0) is 50.3 Å². The molecule has 0 spiro atoms. The van der Waals surface area contributed by atoms with Crippen LogP contribution in [0.25, 0.3) is 16.8 Å². The van der Waals surface area contributed by atoms with Crippen molar-refractivity contribution >= 4 is 39.7 Å². The number of nitrogens with zero attached hydrogens (tertiary/aromatic N) is 6. The van der Waals surface area contributed by atoms with E-state index in [1.54, 1.807) is 18.5 Å². The number of amides is 1. The van der Waals surface area contributed by atoms with E-state index in [1.807, 2.05) is 15.5 Å². The highest BCUT2D eigenvalue weighted by molar-refractivity contribution is 6.76. The molecule has 2 unspecified atom stereocenters. The van der Waals surface area contributed by atoms with Gasteiger partial charge in [0, 0.05) is 76.4 Å². The first-order chi connectivity index (χ1) is 24.3. The van der Waals surface area contributed by atoms with E-state index >= 15 is 0 Å². The number of hydrogen-bond acceptors (Lipinski definition) is 10. The summed E-state index contributed by atoms with van der Waals surface area (Å²) >= 11 is 0. The molecule has 0 radical (unpaired) electrons. The zero-order valence-electron chi connectivity index (χ0n) is 31.9. The average molecular weight is 739 g/mol. The minimum Gasteiger partial charge on any atom is -0.464 e. The molecule has 0 saturated carbocycles. The number of unbranched alkanes of at least 4 members (excludes halogenated alkanes) is 1. The molecule has 5 rings (SSSR count). The number of fused-ring (bicyclic) bond motifs is 3. The van der Waals surface area contributed by atoms with Gasteiger partial charge in [-0.25, -0.2) is 19.6 Å².